The van der Waals surface area contributed by atoms with Crippen LogP contribution in [0.4, 0.5) is 0 Å². The van der Waals surface area contributed by atoms with Crippen molar-refractivity contribution in [1.82, 2.24) is 10.2 Å². The van der Waals surface area contributed by atoms with E-state index in [-0.39, 0.29) is 35.6 Å². The smallest absolute Gasteiger partial charge is 0.233 e. The molecular formula is C24H38N2O3. The summed E-state index contributed by atoms with van der Waals surface area (Å²) in [5.41, 5.74) is 0. The average Bonchev–Trinajstić information content (AvgIpc) is 2.95. The number of nitrogens with zero attached hydrogens (tertiary/aromatic N) is 1. The minimum Gasteiger partial charge on any atom is -0.353 e. The molecular weight excluding hydrogens is 364 g/mol. The highest BCUT2D eigenvalue weighted by molar-refractivity contribution is 6.05. The zero-order valence-corrected chi connectivity index (χ0v) is 17.9. The minimum absolute atomic E-state index is 0.0379. The predicted molar refractivity (Wildman–Crippen MR) is 114 cm³/mol. The maximum atomic E-state index is 12.5. The second-order valence-electron chi connectivity index (χ2n) is 9.11. The van der Waals surface area contributed by atoms with Gasteiger partial charge >= 0.3 is 0 Å². The van der Waals surface area contributed by atoms with Gasteiger partial charge < -0.3 is 5.32 Å². The molecule has 1 N–H and O–H groups in total. The molecule has 1 aliphatic heterocycles. The molecule has 0 bridgehead atoms. The van der Waals surface area contributed by atoms with Crippen LogP contribution in [0.3, 0.4) is 0 Å². The van der Waals surface area contributed by atoms with E-state index in [1.165, 1.54) is 62.7 Å². The summed E-state index contributed by atoms with van der Waals surface area (Å²) in [4.78, 5) is 38.9. The third-order valence-electron chi connectivity index (χ3n) is 6.85. The van der Waals surface area contributed by atoms with E-state index >= 15 is 0 Å². The van der Waals surface area contributed by atoms with Crippen LogP contribution in [-0.2, 0) is 14.4 Å². The standard InChI is InChI=1S/C24H38N2O3/c27-22(25-19-13-8-6-4-2-1-3-5-7-9-14-19)17-12-18-26-23(28)20-15-10-11-16-21(20)24(26)29/h10-11,19-21H,1-9,12-18H2,(H,25,27)/t20-,21-/m1/s1. The number of rotatable bonds is 5. The zero-order chi connectivity index (χ0) is 20.5. The van der Waals surface area contributed by atoms with Crippen LogP contribution < -0.4 is 5.32 Å². The van der Waals surface area contributed by atoms with Gasteiger partial charge in [0.25, 0.3) is 0 Å². The van der Waals surface area contributed by atoms with Crippen molar-refractivity contribution in [1.29, 1.82) is 0 Å². The van der Waals surface area contributed by atoms with Crippen molar-refractivity contribution < 1.29 is 14.4 Å². The first-order valence-electron chi connectivity index (χ1n) is 12.0. The van der Waals surface area contributed by atoms with Gasteiger partial charge in [-0.3, -0.25) is 19.3 Å². The number of fused-ring (bicyclic) bond motifs is 1. The van der Waals surface area contributed by atoms with E-state index in [9.17, 15) is 14.4 Å². The van der Waals surface area contributed by atoms with E-state index in [1.54, 1.807) is 0 Å². The van der Waals surface area contributed by atoms with E-state index in [0.717, 1.165) is 12.8 Å². The van der Waals surface area contributed by atoms with Crippen molar-refractivity contribution in [2.75, 3.05) is 6.54 Å². The molecule has 0 aromatic carbocycles. The molecule has 29 heavy (non-hydrogen) atoms. The maximum Gasteiger partial charge on any atom is 0.233 e. The number of likely N-dealkylation sites (tertiary alicyclic amines) is 1. The third-order valence-corrected chi connectivity index (χ3v) is 6.85. The molecule has 5 nitrogen and oxygen atoms in total. The van der Waals surface area contributed by atoms with Crippen molar-refractivity contribution in [2.24, 2.45) is 11.8 Å². The van der Waals surface area contributed by atoms with Gasteiger partial charge in [0.15, 0.2) is 0 Å². The van der Waals surface area contributed by atoms with Gasteiger partial charge in [0.2, 0.25) is 17.7 Å². The highest BCUT2D eigenvalue weighted by Crippen LogP contribution is 2.35. The monoisotopic (exact) mass is 402 g/mol. The van der Waals surface area contributed by atoms with Gasteiger partial charge in [0.1, 0.15) is 0 Å². The third kappa shape index (κ3) is 6.42. The molecule has 1 heterocycles. The van der Waals surface area contributed by atoms with Crippen LogP contribution in [0, 0.1) is 11.8 Å². The normalized spacial score (nSPS) is 27.2. The summed E-state index contributed by atoms with van der Waals surface area (Å²) in [6.07, 6.45) is 20.1. The van der Waals surface area contributed by atoms with Crippen LogP contribution in [0.1, 0.15) is 96.3 Å². The van der Waals surface area contributed by atoms with E-state index < -0.39 is 0 Å². The Balaban J connectivity index is 1.39. The van der Waals surface area contributed by atoms with Crippen LogP contribution in [0.2, 0.25) is 0 Å². The lowest BCUT2D eigenvalue weighted by Gasteiger charge is -2.20. The Labute approximate surface area is 175 Å². The Morgan fingerprint density at radius 2 is 1.31 bits per heavy atom. The van der Waals surface area contributed by atoms with E-state index in [0.29, 0.717) is 32.2 Å². The second-order valence-corrected chi connectivity index (χ2v) is 9.11. The molecule has 2 fully saturated rings. The van der Waals surface area contributed by atoms with Gasteiger partial charge in [-0.25, -0.2) is 0 Å². The molecule has 3 rings (SSSR count). The van der Waals surface area contributed by atoms with E-state index in [1.807, 2.05) is 12.2 Å². The van der Waals surface area contributed by atoms with Gasteiger partial charge in [-0.05, 0) is 32.1 Å². The summed E-state index contributed by atoms with van der Waals surface area (Å²) in [7, 11) is 0. The van der Waals surface area contributed by atoms with Gasteiger partial charge in [0, 0.05) is 19.0 Å². The van der Waals surface area contributed by atoms with Gasteiger partial charge in [-0.2, -0.15) is 0 Å². The molecule has 0 spiro atoms. The highest BCUT2D eigenvalue weighted by Gasteiger charge is 2.46. The lowest BCUT2D eigenvalue weighted by Crippen LogP contribution is -2.36. The molecule has 1 saturated carbocycles. The van der Waals surface area contributed by atoms with Gasteiger partial charge in [-0.15, -0.1) is 0 Å². The van der Waals surface area contributed by atoms with E-state index in [4.69, 9.17) is 0 Å². The summed E-state index contributed by atoms with van der Waals surface area (Å²) in [5, 5.41) is 3.23. The first-order valence-corrected chi connectivity index (χ1v) is 12.0. The molecule has 3 aliphatic rings. The van der Waals surface area contributed by atoms with Crippen molar-refractivity contribution in [3.05, 3.63) is 12.2 Å². The Hall–Kier alpha value is -1.65. The van der Waals surface area contributed by atoms with Gasteiger partial charge in [-0.1, -0.05) is 69.9 Å². The number of carbonyl (C=O) groups excluding carboxylic acids is 3. The molecule has 0 radical (unpaired) electrons. The number of amides is 3. The quantitative estimate of drug-likeness (QED) is 0.543. The summed E-state index contributed by atoms with van der Waals surface area (Å²) >= 11 is 0. The Kier molecular flexibility index (Phi) is 8.75. The zero-order valence-electron chi connectivity index (χ0n) is 17.9. The summed E-state index contributed by atoms with van der Waals surface area (Å²) in [6, 6.07) is 0.283. The molecule has 2 atom stereocenters. The minimum atomic E-state index is -0.169. The molecule has 3 amide bonds. The van der Waals surface area contributed by atoms with Crippen LogP contribution in [0.15, 0.2) is 12.2 Å². The molecule has 5 heteroatoms. The first kappa shape index (κ1) is 22.0. The number of hydrogen-bond acceptors (Lipinski definition) is 3. The number of nitrogens with one attached hydrogen (secondary N) is 1. The number of carbonyl (C=O) groups is 3. The van der Waals surface area contributed by atoms with Crippen LogP contribution in [0.25, 0.3) is 0 Å². The van der Waals surface area contributed by atoms with Crippen molar-refractivity contribution in [2.45, 2.75) is 102 Å². The average molecular weight is 403 g/mol. The fraction of sp³-hybridized carbons (Fsp3) is 0.792. The Morgan fingerprint density at radius 1 is 0.828 bits per heavy atom. The second kappa shape index (κ2) is 11.5. The number of allylic oxidation sites excluding steroid dienone is 2. The van der Waals surface area contributed by atoms with Crippen molar-refractivity contribution >= 4 is 17.7 Å². The maximum absolute atomic E-state index is 12.5. The Morgan fingerprint density at radius 3 is 1.83 bits per heavy atom. The summed E-state index contributed by atoms with van der Waals surface area (Å²) in [6.45, 7) is 0.378. The fourth-order valence-corrected chi connectivity index (χ4v) is 5.09. The topological polar surface area (TPSA) is 66.5 Å². The summed E-state index contributed by atoms with van der Waals surface area (Å²) in [5.74, 6) is -0.344. The molecule has 0 unspecified atom stereocenters. The van der Waals surface area contributed by atoms with Crippen LogP contribution >= 0.6 is 0 Å². The van der Waals surface area contributed by atoms with E-state index in [2.05, 4.69) is 5.32 Å². The van der Waals surface area contributed by atoms with Crippen LogP contribution in [0.5, 0.6) is 0 Å². The largest absolute Gasteiger partial charge is 0.353 e. The lowest BCUT2D eigenvalue weighted by molar-refractivity contribution is -0.140. The van der Waals surface area contributed by atoms with Gasteiger partial charge in [0.05, 0.1) is 11.8 Å². The van der Waals surface area contributed by atoms with Crippen LogP contribution in [-0.4, -0.2) is 35.2 Å². The lowest BCUT2D eigenvalue weighted by atomic mass is 9.85. The van der Waals surface area contributed by atoms with Crippen molar-refractivity contribution in [3.63, 3.8) is 0 Å². The first-order chi connectivity index (χ1) is 14.2. The predicted octanol–water partition coefficient (Wildman–Crippen LogP) is 4.51. The SMILES string of the molecule is O=C(CCCN1C(=O)[C@@H]2CC=CC[C@H]2C1=O)NC1CCCCCCCCCCC1. The molecule has 0 aromatic rings. The molecule has 2 aliphatic carbocycles. The fourth-order valence-electron chi connectivity index (χ4n) is 5.09. The summed E-state index contributed by atoms with van der Waals surface area (Å²) < 4.78 is 0. The highest BCUT2D eigenvalue weighted by atomic mass is 16.2. The van der Waals surface area contributed by atoms with Crippen molar-refractivity contribution in [3.8, 4) is 0 Å². The number of hydrogen-bond donors (Lipinski definition) is 1. The molecule has 0 aromatic heterocycles. The number of imide groups is 1. The molecule has 1 saturated heterocycles. The Bertz CT molecular complexity index is 563. The molecule has 162 valence electrons.